The van der Waals surface area contributed by atoms with Crippen LogP contribution in [0.5, 0.6) is 17.2 Å². The predicted molar refractivity (Wildman–Crippen MR) is 113 cm³/mol. The van der Waals surface area contributed by atoms with E-state index in [1.165, 1.54) is 7.11 Å². The van der Waals surface area contributed by atoms with Gasteiger partial charge in [-0.05, 0) is 54.6 Å². The number of rotatable bonds is 7. The Kier molecular flexibility index (Phi) is 6.47. The molecule has 29 heavy (non-hydrogen) atoms. The maximum atomic E-state index is 12.9. The summed E-state index contributed by atoms with van der Waals surface area (Å²) >= 11 is 0.872. The number of carbonyl (C=O) groups is 2. The molecule has 0 unspecified atom stereocenters. The van der Waals surface area contributed by atoms with Gasteiger partial charge in [0, 0.05) is 0 Å². The lowest BCUT2D eigenvalue weighted by molar-refractivity contribution is -0.113. The molecule has 2 aromatic rings. The van der Waals surface area contributed by atoms with E-state index in [1.54, 1.807) is 48.5 Å². The number of carbonyl (C=O) groups excluding carboxylic acids is 2. The Labute approximate surface area is 173 Å². The molecule has 7 heteroatoms. The van der Waals surface area contributed by atoms with Crippen LogP contribution >= 0.6 is 11.8 Å². The molecular formula is C22H19NO5S. The molecule has 0 bridgehead atoms. The predicted octanol–water partition coefficient (Wildman–Crippen LogP) is 4.35. The van der Waals surface area contributed by atoms with Gasteiger partial charge in [0.1, 0.15) is 12.4 Å². The van der Waals surface area contributed by atoms with Gasteiger partial charge in [-0.15, -0.1) is 6.42 Å². The van der Waals surface area contributed by atoms with Gasteiger partial charge in [0.05, 0.1) is 24.3 Å². The third-order valence-electron chi connectivity index (χ3n) is 4.00. The highest BCUT2D eigenvalue weighted by Crippen LogP contribution is 2.40. The van der Waals surface area contributed by atoms with Gasteiger partial charge in [-0.1, -0.05) is 24.1 Å². The molecule has 1 heterocycles. The summed E-state index contributed by atoms with van der Waals surface area (Å²) in [7, 11) is 1.49. The molecule has 0 atom stereocenters. The number of ether oxygens (including phenoxy) is 3. The number of anilines is 1. The van der Waals surface area contributed by atoms with E-state index in [2.05, 4.69) is 5.92 Å². The second-order valence-electron chi connectivity index (χ2n) is 5.82. The van der Waals surface area contributed by atoms with E-state index < -0.39 is 5.91 Å². The van der Waals surface area contributed by atoms with Crippen LogP contribution < -0.4 is 19.1 Å². The lowest BCUT2D eigenvalue weighted by Gasteiger charge is -2.15. The van der Waals surface area contributed by atoms with Crippen LogP contribution in [0.15, 0.2) is 47.4 Å². The first-order chi connectivity index (χ1) is 14.1. The highest BCUT2D eigenvalue weighted by atomic mass is 32.2. The van der Waals surface area contributed by atoms with Crippen LogP contribution in [0, 0.1) is 12.3 Å². The minimum Gasteiger partial charge on any atom is -0.495 e. The van der Waals surface area contributed by atoms with E-state index in [-0.39, 0.29) is 11.8 Å². The van der Waals surface area contributed by atoms with Crippen LogP contribution in [-0.4, -0.2) is 31.5 Å². The summed E-state index contributed by atoms with van der Waals surface area (Å²) in [5.41, 5.74) is 1.11. The standard InChI is InChI=1S/C22H19NO5S/c1-4-12-28-18-11-10-15(13-19(18)27-5-2)14-20-21(24)23(22(25)29-20)16-8-6-7-9-17(16)26-3/h1,6-11,13-14H,5,12H2,2-3H3/b20-14-. The fourth-order valence-electron chi connectivity index (χ4n) is 2.76. The van der Waals surface area contributed by atoms with E-state index in [0.717, 1.165) is 16.7 Å². The zero-order valence-electron chi connectivity index (χ0n) is 16.0. The molecule has 0 N–H and O–H groups in total. The van der Waals surface area contributed by atoms with Crippen LogP contribution in [0.1, 0.15) is 12.5 Å². The van der Waals surface area contributed by atoms with Crippen molar-refractivity contribution < 1.29 is 23.8 Å². The highest BCUT2D eigenvalue weighted by Gasteiger charge is 2.37. The minimum atomic E-state index is -0.407. The average molecular weight is 409 g/mol. The molecule has 1 saturated heterocycles. The van der Waals surface area contributed by atoms with Gasteiger partial charge < -0.3 is 14.2 Å². The first-order valence-corrected chi connectivity index (χ1v) is 9.64. The number of methoxy groups -OCH3 is 1. The largest absolute Gasteiger partial charge is 0.495 e. The Morgan fingerprint density at radius 1 is 1.10 bits per heavy atom. The van der Waals surface area contributed by atoms with Crippen molar-refractivity contribution in [3.8, 4) is 29.6 Å². The lowest BCUT2D eigenvalue weighted by Crippen LogP contribution is -2.28. The fourth-order valence-corrected chi connectivity index (χ4v) is 3.60. The Bertz CT molecular complexity index is 1010. The van der Waals surface area contributed by atoms with Crippen LogP contribution in [0.25, 0.3) is 6.08 Å². The van der Waals surface area contributed by atoms with Crippen molar-refractivity contribution in [3.05, 3.63) is 52.9 Å². The highest BCUT2D eigenvalue weighted by molar-refractivity contribution is 8.19. The van der Waals surface area contributed by atoms with Crippen LogP contribution in [0.4, 0.5) is 10.5 Å². The Balaban J connectivity index is 1.91. The quantitative estimate of drug-likeness (QED) is 0.501. The number of terminal acetylenes is 1. The van der Waals surface area contributed by atoms with Gasteiger partial charge in [0.2, 0.25) is 0 Å². The number of amides is 2. The molecule has 0 aliphatic carbocycles. The number of benzene rings is 2. The molecular weight excluding hydrogens is 390 g/mol. The molecule has 1 fully saturated rings. The van der Waals surface area contributed by atoms with Gasteiger partial charge in [-0.2, -0.15) is 0 Å². The molecule has 2 aromatic carbocycles. The Morgan fingerprint density at radius 3 is 2.62 bits per heavy atom. The summed E-state index contributed by atoms with van der Waals surface area (Å²) in [6.45, 7) is 2.42. The molecule has 148 valence electrons. The van der Waals surface area contributed by atoms with Crippen molar-refractivity contribution in [2.45, 2.75) is 6.92 Å². The molecule has 0 spiro atoms. The van der Waals surface area contributed by atoms with Crippen molar-refractivity contribution in [3.63, 3.8) is 0 Å². The van der Waals surface area contributed by atoms with Gasteiger partial charge in [-0.3, -0.25) is 9.59 Å². The van der Waals surface area contributed by atoms with E-state index in [1.807, 2.05) is 6.92 Å². The average Bonchev–Trinajstić information content (AvgIpc) is 3.00. The summed E-state index contributed by atoms with van der Waals surface area (Å²) in [6, 6.07) is 12.1. The van der Waals surface area contributed by atoms with E-state index in [9.17, 15) is 9.59 Å². The normalized spacial score (nSPS) is 14.8. The summed E-state index contributed by atoms with van der Waals surface area (Å²) in [5, 5.41) is -0.384. The number of imide groups is 1. The number of hydrogen-bond acceptors (Lipinski definition) is 6. The zero-order valence-corrected chi connectivity index (χ0v) is 16.8. The molecule has 1 aliphatic heterocycles. The van der Waals surface area contributed by atoms with E-state index in [4.69, 9.17) is 20.6 Å². The van der Waals surface area contributed by atoms with Crippen molar-refractivity contribution in [1.29, 1.82) is 0 Å². The van der Waals surface area contributed by atoms with Gasteiger partial charge >= 0.3 is 0 Å². The van der Waals surface area contributed by atoms with Gasteiger partial charge in [0.25, 0.3) is 11.1 Å². The Hall–Kier alpha value is -3.37. The first kappa shape index (κ1) is 20.4. The van der Waals surface area contributed by atoms with Crippen molar-refractivity contribution in [2.24, 2.45) is 0 Å². The molecule has 2 amide bonds. The minimum absolute atomic E-state index is 0.122. The first-order valence-electron chi connectivity index (χ1n) is 8.83. The van der Waals surface area contributed by atoms with Crippen molar-refractivity contribution >= 4 is 34.7 Å². The van der Waals surface area contributed by atoms with Crippen LogP contribution in [-0.2, 0) is 4.79 Å². The number of nitrogens with zero attached hydrogens (tertiary/aromatic N) is 1. The summed E-state index contributed by atoms with van der Waals surface area (Å²) < 4.78 is 16.3. The van der Waals surface area contributed by atoms with Gasteiger partial charge in [-0.25, -0.2) is 4.90 Å². The molecule has 1 aliphatic rings. The van der Waals surface area contributed by atoms with Crippen LogP contribution in [0.3, 0.4) is 0 Å². The van der Waals surface area contributed by atoms with Crippen molar-refractivity contribution in [1.82, 2.24) is 0 Å². The van der Waals surface area contributed by atoms with Crippen molar-refractivity contribution in [2.75, 3.05) is 25.2 Å². The monoisotopic (exact) mass is 409 g/mol. The number of hydrogen-bond donors (Lipinski definition) is 0. The fraction of sp³-hybridized carbons (Fsp3) is 0.182. The third kappa shape index (κ3) is 4.39. The number of para-hydroxylation sites is 2. The maximum absolute atomic E-state index is 12.9. The topological polar surface area (TPSA) is 65.1 Å². The smallest absolute Gasteiger partial charge is 0.298 e. The summed E-state index contributed by atoms with van der Waals surface area (Å²) in [6.07, 6.45) is 6.88. The third-order valence-corrected chi connectivity index (χ3v) is 4.87. The van der Waals surface area contributed by atoms with Gasteiger partial charge in [0.15, 0.2) is 11.5 Å². The molecule has 0 radical (unpaired) electrons. The summed E-state index contributed by atoms with van der Waals surface area (Å²) in [5.74, 6) is 3.48. The molecule has 6 nitrogen and oxygen atoms in total. The van der Waals surface area contributed by atoms with E-state index in [0.29, 0.717) is 40.0 Å². The summed E-state index contributed by atoms with van der Waals surface area (Å²) in [4.78, 5) is 26.8. The second kappa shape index (κ2) is 9.22. The van der Waals surface area contributed by atoms with Crippen LogP contribution in [0.2, 0.25) is 0 Å². The lowest BCUT2D eigenvalue weighted by atomic mass is 10.1. The molecule has 3 rings (SSSR count). The Morgan fingerprint density at radius 2 is 1.90 bits per heavy atom. The maximum Gasteiger partial charge on any atom is 0.298 e. The van der Waals surface area contributed by atoms with E-state index >= 15 is 0 Å². The SMILES string of the molecule is C#CCOc1ccc(/C=C2\SC(=O)N(c3ccccc3OC)C2=O)cc1OCC. The zero-order chi connectivity index (χ0) is 20.8. The molecule has 0 aromatic heterocycles. The molecule has 0 saturated carbocycles. The number of thioether (sulfide) groups is 1. The second-order valence-corrected chi connectivity index (χ2v) is 6.81.